The summed E-state index contributed by atoms with van der Waals surface area (Å²) in [6.07, 6.45) is 0. The second kappa shape index (κ2) is 7.61. The molecule has 0 unspecified atom stereocenters. The van der Waals surface area contributed by atoms with Gasteiger partial charge in [-0.3, -0.25) is 4.90 Å². The van der Waals surface area contributed by atoms with E-state index < -0.39 is 10.0 Å². The molecular weight excluding hydrogens is 316 g/mol. The molecule has 0 radical (unpaired) electrons. The highest BCUT2D eigenvalue weighted by Crippen LogP contribution is 2.29. The van der Waals surface area contributed by atoms with Crippen LogP contribution in [0.4, 0.5) is 0 Å². The second-order valence-electron chi connectivity index (χ2n) is 5.87. The van der Waals surface area contributed by atoms with Crippen LogP contribution in [0.25, 0.3) is 0 Å². The largest absolute Gasteiger partial charge is 0.495 e. The first-order valence-corrected chi connectivity index (χ1v) is 9.22. The van der Waals surface area contributed by atoms with Crippen molar-refractivity contribution in [1.82, 2.24) is 9.21 Å². The Morgan fingerprint density at radius 1 is 1.22 bits per heavy atom. The molecule has 7 heteroatoms. The number of aryl methyl sites for hydroxylation is 2. The van der Waals surface area contributed by atoms with E-state index in [0.717, 1.165) is 24.2 Å². The number of methoxy groups -OCH3 is 1. The Morgan fingerprint density at radius 3 is 2.43 bits per heavy atom. The van der Waals surface area contributed by atoms with Crippen molar-refractivity contribution in [2.24, 2.45) is 0 Å². The summed E-state index contributed by atoms with van der Waals surface area (Å²) in [5.74, 6) is 0.395. The monoisotopic (exact) mass is 342 g/mol. The zero-order valence-electron chi connectivity index (χ0n) is 14.3. The summed E-state index contributed by atoms with van der Waals surface area (Å²) in [6, 6.07) is 3.47. The fraction of sp³-hybridized carbons (Fsp3) is 0.625. The van der Waals surface area contributed by atoms with Crippen LogP contribution in [0.2, 0.25) is 0 Å². The van der Waals surface area contributed by atoms with Crippen molar-refractivity contribution in [2.75, 3.05) is 53.6 Å². The zero-order valence-corrected chi connectivity index (χ0v) is 15.1. The molecule has 0 spiro atoms. The summed E-state index contributed by atoms with van der Waals surface area (Å²) in [7, 11) is -0.459. The van der Waals surface area contributed by atoms with Crippen LogP contribution >= 0.6 is 0 Å². The highest BCUT2D eigenvalue weighted by molar-refractivity contribution is 7.89. The van der Waals surface area contributed by atoms with Gasteiger partial charge in [0.05, 0.1) is 20.3 Å². The molecule has 23 heavy (non-hydrogen) atoms. The van der Waals surface area contributed by atoms with Gasteiger partial charge >= 0.3 is 0 Å². The first-order valence-electron chi connectivity index (χ1n) is 7.78. The summed E-state index contributed by atoms with van der Waals surface area (Å²) in [4.78, 5) is 2.44. The number of rotatable bonds is 6. The van der Waals surface area contributed by atoms with E-state index in [1.807, 2.05) is 13.8 Å². The lowest BCUT2D eigenvalue weighted by Crippen LogP contribution is -2.41. The minimum Gasteiger partial charge on any atom is -0.495 e. The number of benzene rings is 1. The summed E-state index contributed by atoms with van der Waals surface area (Å²) in [6.45, 7) is 8.10. The van der Waals surface area contributed by atoms with Crippen molar-refractivity contribution < 1.29 is 17.9 Å². The molecule has 6 nitrogen and oxygen atoms in total. The maximum atomic E-state index is 12.9. The lowest BCUT2D eigenvalue weighted by molar-refractivity contribution is 0.0368. The van der Waals surface area contributed by atoms with Gasteiger partial charge in [0.2, 0.25) is 10.0 Å². The van der Waals surface area contributed by atoms with Gasteiger partial charge in [0, 0.05) is 33.2 Å². The van der Waals surface area contributed by atoms with Crippen molar-refractivity contribution in [2.45, 2.75) is 18.7 Å². The maximum absolute atomic E-state index is 12.9. The van der Waals surface area contributed by atoms with Gasteiger partial charge in [0.1, 0.15) is 10.6 Å². The third-order valence-corrected chi connectivity index (χ3v) is 6.18. The number of nitrogens with zero attached hydrogens (tertiary/aromatic N) is 2. The van der Waals surface area contributed by atoms with E-state index in [-0.39, 0.29) is 4.90 Å². The summed E-state index contributed by atoms with van der Waals surface area (Å²) >= 11 is 0. The molecule has 0 aromatic heterocycles. The molecule has 0 amide bonds. The Labute approximate surface area is 139 Å². The second-order valence-corrected chi connectivity index (χ2v) is 7.88. The number of ether oxygens (including phenoxy) is 2. The smallest absolute Gasteiger partial charge is 0.246 e. The molecule has 1 fully saturated rings. The highest BCUT2D eigenvalue weighted by Gasteiger charge is 2.26. The van der Waals surface area contributed by atoms with Crippen molar-refractivity contribution >= 4 is 10.0 Å². The molecule has 1 aromatic carbocycles. The summed E-state index contributed by atoms with van der Waals surface area (Å²) < 4.78 is 37.7. The van der Waals surface area contributed by atoms with E-state index in [0.29, 0.717) is 32.1 Å². The number of likely N-dealkylation sites (N-methyl/N-ethyl adjacent to an activating group) is 1. The van der Waals surface area contributed by atoms with Crippen LogP contribution in [-0.2, 0) is 14.8 Å². The zero-order chi connectivity index (χ0) is 17.0. The van der Waals surface area contributed by atoms with Crippen LogP contribution in [-0.4, -0.2) is 71.2 Å². The Bertz CT molecular complexity index is 640. The molecule has 0 atom stereocenters. The number of morpholine rings is 1. The standard InChI is InChI=1S/C16H26N2O4S/c1-13-11-15(21-4)16(12-14(13)2)23(19,20)17(3)5-6-18-7-9-22-10-8-18/h11-12H,5-10H2,1-4H3. The number of sulfonamides is 1. The maximum Gasteiger partial charge on any atom is 0.246 e. The Hall–Kier alpha value is -1.15. The predicted molar refractivity (Wildman–Crippen MR) is 89.5 cm³/mol. The first-order chi connectivity index (χ1) is 10.9. The number of hydrogen-bond donors (Lipinski definition) is 0. The number of hydrogen-bond acceptors (Lipinski definition) is 5. The minimum atomic E-state index is -3.57. The highest BCUT2D eigenvalue weighted by atomic mass is 32.2. The Morgan fingerprint density at radius 2 is 1.83 bits per heavy atom. The molecule has 1 aromatic rings. The SMILES string of the molecule is COc1cc(C)c(C)cc1S(=O)(=O)N(C)CCN1CCOCC1. The van der Waals surface area contributed by atoms with Crippen LogP contribution in [0.3, 0.4) is 0 Å². The molecule has 0 N–H and O–H groups in total. The molecule has 0 saturated carbocycles. The molecule has 0 bridgehead atoms. The van der Waals surface area contributed by atoms with Crippen molar-refractivity contribution in [3.05, 3.63) is 23.3 Å². The topological polar surface area (TPSA) is 59.1 Å². The van der Waals surface area contributed by atoms with Crippen LogP contribution in [0.15, 0.2) is 17.0 Å². The first kappa shape index (κ1) is 18.2. The quantitative estimate of drug-likeness (QED) is 0.779. The molecule has 1 aliphatic heterocycles. The van der Waals surface area contributed by atoms with Gasteiger partial charge in [-0.05, 0) is 37.1 Å². The predicted octanol–water partition coefficient (Wildman–Crippen LogP) is 1.26. The lowest BCUT2D eigenvalue weighted by Gasteiger charge is -2.28. The van der Waals surface area contributed by atoms with Gasteiger partial charge in [0.15, 0.2) is 0 Å². The molecule has 130 valence electrons. The van der Waals surface area contributed by atoms with Gasteiger partial charge in [-0.1, -0.05) is 0 Å². The average molecular weight is 342 g/mol. The molecular formula is C16H26N2O4S. The lowest BCUT2D eigenvalue weighted by atomic mass is 10.1. The van der Waals surface area contributed by atoms with Gasteiger partial charge in [0.25, 0.3) is 0 Å². The normalized spacial score (nSPS) is 16.7. The van der Waals surface area contributed by atoms with E-state index in [2.05, 4.69) is 4.90 Å². The van der Waals surface area contributed by atoms with E-state index in [9.17, 15) is 8.42 Å². The van der Waals surface area contributed by atoms with Crippen LogP contribution in [0.5, 0.6) is 5.75 Å². The Balaban J connectivity index is 2.15. The average Bonchev–Trinajstić information content (AvgIpc) is 2.55. The molecule has 1 saturated heterocycles. The Kier molecular flexibility index (Phi) is 6.02. The van der Waals surface area contributed by atoms with Gasteiger partial charge in [-0.15, -0.1) is 0 Å². The van der Waals surface area contributed by atoms with Crippen molar-refractivity contribution in [1.29, 1.82) is 0 Å². The molecule has 2 rings (SSSR count). The summed E-state index contributed by atoms with van der Waals surface area (Å²) in [5, 5.41) is 0. The van der Waals surface area contributed by atoms with Crippen LogP contribution in [0.1, 0.15) is 11.1 Å². The summed E-state index contributed by atoms with van der Waals surface area (Å²) in [5.41, 5.74) is 1.95. The molecule has 0 aliphatic carbocycles. The van der Waals surface area contributed by atoms with Crippen LogP contribution in [0, 0.1) is 13.8 Å². The van der Waals surface area contributed by atoms with E-state index in [1.54, 1.807) is 19.2 Å². The molecule has 1 aliphatic rings. The third-order valence-electron chi connectivity index (χ3n) is 4.30. The fourth-order valence-corrected chi connectivity index (χ4v) is 3.90. The fourth-order valence-electron chi connectivity index (χ4n) is 2.52. The van der Waals surface area contributed by atoms with Gasteiger partial charge < -0.3 is 9.47 Å². The van der Waals surface area contributed by atoms with Crippen LogP contribution < -0.4 is 4.74 Å². The van der Waals surface area contributed by atoms with Crippen molar-refractivity contribution in [3.8, 4) is 5.75 Å². The van der Waals surface area contributed by atoms with Gasteiger partial charge in [-0.2, -0.15) is 4.31 Å². The third kappa shape index (κ3) is 4.23. The van der Waals surface area contributed by atoms with Gasteiger partial charge in [-0.25, -0.2) is 8.42 Å². The van der Waals surface area contributed by atoms with Crippen molar-refractivity contribution in [3.63, 3.8) is 0 Å². The van der Waals surface area contributed by atoms with E-state index in [1.165, 1.54) is 11.4 Å². The minimum absolute atomic E-state index is 0.229. The molecule has 1 heterocycles. The van der Waals surface area contributed by atoms with E-state index >= 15 is 0 Å². The van der Waals surface area contributed by atoms with E-state index in [4.69, 9.17) is 9.47 Å².